The summed E-state index contributed by atoms with van der Waals surface area (Å²) < 4.78 is 10.4. The van der Waals surface area contributed by atoms with Gasteiger partial charge in [0.1, 0.15) is 6.17 Å². The minimum absolute atomic E-state index is 0.0870. The molecule has 1 aliphatic heterocycles. The van der Waals surface area contributed by atoms with Crippen molar-refractivity contribution in [1.82, 2.24) is 0 Å². The number of hydrogen-bond donors (Lipinski definition) is 0. The number of nitrogens with zero attached hydrogens (tertiary/aromatic N) is 2. The lowest BCUT2D eigenvalue weighted by Crippen LogP contribution is -2.50. The van der Waals surface area contributed by atoms with Crippen molar-refractivity contribution in [3.8, 4) is 0 Å². The van der Waals surface area contributed by atoms with Crippen LogP contribution in [-0.2, 0) is 9.47 Å². The lowest BCUT2D eigenvalue weighted by atomic mass is 10.1. The van der Waals surface area contributed by atoms with Crippen LogP contribution in [0.4, 0.5) is 21.0 Å². The normalized spacial score (nSPS) is 13.2. The second kappa shape index (κ2) is 8.56. The molecule has 146 valence electrons. The van der Waals surface area contributed by atoms with E-state index in [-0.39, 0.29) is 25.4 Å². The van der Waals surface area contributed by atoms with Crippen molar-refractivity contribution in [2.24, 2.45) is 0 Å². The van der Waals surface area contributed by atoms with Gasteiger partial charge in [-0.3, -0.25) is 14.6 Å². The first kappa shape index (κ1) is 19.4. The number of anilines is 2. The van der Waals surface area contributed by atoms with Crippen LogP contribution in [0, 0.1) is 0 Å². The number of Topliss-reactive ketones (excluding diaryl/α,β-unsaturated/α-hetero) is 1. The first-order valence-corrected chi connectivity index (χ1v) is 9.17. The summed E-state index contributed by atoms with van der Waals surface area (Å²) in [4.78, 5) is 40.9. The van der Waals surface area contributed by atoms with Crippen molar-refractivity contribution in [3.63, 3.8) is 0 Å². The average molecular weight is 382 g/mol. The maximum absolute atomic E-state index is 12.8. The second-order valence-corrected chi connectivity index (χ2v) is 6.10. The molecule has 1 aliphatic rings. The number of carbonyl (C=O) groups is 3. The second-order valence-electron chi connectivity index (χ2n) is 6.10. The number of ketones is 1. The van der Waals surface area contributed by atoms with E-state index in [1.54, 1.807) is 62.4 Å². The van der Waals surface area contributed by atoms with Gasteiger partial charge in [0.05, 0.1) is 31.0 Å². The number of amides is 2. The third kappa shape index (κ3) is 3.69. The fourth-order valence-corrected chi connectivity index (χ4v) is 3.22. The van der Waals surface area contributed by atoms with Gasteiger partial charge in [0.25, 0.3) is 0 Å². The largest absolute Gasteiger partial charge is 0.449 e. The molecule has 0 atom stereocenters. The summed E-state index contributed by atoms with van der Waals surface area (Å²) in [5.74, 6) is -0.193. The van der Waals surface area contributed by atoms with Gasteiger partial charge in [0.2, 0.25) is 0 Å². The molecular weight excluding hydrogens is 360 g/mol. The highest BCUT2D eigenvalue weighted by molar-refractivity contribution is 6.07. The van der Waals surface area contributed by atoms with Gasteiger partial charge >= 0.3 is 12.2 Å². The van der Waals surface area contributed by atoms with Crippen molar-refractivity contribution in [3.05, 3.63) is 60.2 Å². The van der Waals surface area contributed by atoms with Crippen molar-refractivity contribution in [2.45, 2.75) is 26.4 Å². The van der Waals surface area contributed by atoms with E-state index in [9.17, 15) is 14.4 Å². The van der Waals surface area contributed by atoms with Crippen LogP contribution in [0.1, 0.15) is 30.6 Å². The summed E-state index contributed by atoms with van der Waals surface area (Å²) in [6.07, 6.45) is -2.19. The van der Waals surface area contributed by atoms with Crippen molar-refractivity contribution in [1.29, 1.82) is 0 Å². The molecule has 2 aromatic rings. The maximum Gasteiger partial charge on any atom is 0.416 e. The van der Waals surface area contributed by atoms with E-state index in [0.29, 0.717) is 16.9 Å². The summed E-state index contributed by atoms with van der Waals surface area (Å²) >= 11 is 0. The van der Waals surface area contributed by atoms with Crippen LogP contribution >= 0.6 is 0 Å². The fourth-order valence-electron chi connectivity index (χ4n) is 3.22. The fraction of sp³-hybridized carbons (Fsp3) is 0.286. The van der Waals surface area contributed by atoms with Crippen LogP contribution in [0.5, 0.6) is 0 Å². The van der Waals surface area contributed by atoms with Gasteiger partial charge in [-0.25, -0.2) is 9.59 Å². The predicted molar refractivity (Wildman–Crippen MR) is 105 cm³/mol. The van der Waals surface area contributed by atoms with Gasteiger partial charge in [0, 0.05) is 5.56 Å². The lowest BCUT2D eigenvalue weighted by molar-refractivity contribution is 0.0970. The molecule has 0 saturated carbocycles. The molecular formula is C21H22N2O5. The Morgan fingerprint density at radius 1 is 0.786 bits per heavy atom. The quantitative estimate of drug-likeness (QED) is 0.724. The van der Waals surface area contributed by atoms with Gasteiger partial charge in [-0.2, -0.15) is 0 Å². The van der Waals surface area contributed by atoms with Crippen molar-refractivity contribution in [2.75, 3.05) is 23.0 Å². The molecule has 0 unspecified atom stereocenters. The Hall–Kier alpha value is -3.35. The molecule has 0 bridgehead atoms. The summed E-state index contributed by atoms with van der Waals surface area (Å²) in [6.45, 7) is 3.76. The number of benzene rings is 2. The van der Waals surface area contributed by atoms with Gasteiger partial charge < -0.3 is 9.47 Å². The highest BCUT2D eigenvalue weighted by atomic mass is 16.6. The molecule has 0 aromatic heterocycles. The van der Waals surface area contributed by atoms with E-state index in [0.717, 1.165) is 0 Å². The third-order valence-corrected chi connectivity index (χ3v) is 4.39. The van der Waals surface area contributed by atoms with E-state index in [1.165, 1.54) is 9.80 Å². The molecule has 0 N–H and O–H groups in total. The Labute approximate surface area is 163 Å². The Morgan fingerprint density at radius 3 is 1.71 bits per heavy atom. The van der Waals surface area contributed by atoms with E-state index in [4.69, 9.17) is 9.47 Å². The first-order chi connectivity index (χ1) is 13.6. The summed E-state index contributed by atoms with van der Waals surface area (Å²) in [5.41, 5.74) is 1.51. The highest BCUT2D eigenvalue weighted by Gasteiger charge is 2.45. The first-order valence-electron chi connectivity index (χ1n) is 9.17. The summed E-state index contributed by atoms with van der Waals surface area (Å²) in [5, 5.41) is 0. The molecule has 3 rings (SSSR count). The van der Waals surface area contributed by atoms with Gasteiger partial charge in [-0.15, -0.1) is 0 Å². The van der Waals surface area contributed by atoms with Gasteiger partial charge in [-0.1, -0.05) is 42.5 Å². The van der Waals surface area contributed by atoms with E-state index < -0.39 is 18.4 Å². The van der Waals surface area contributed by atoms with Crippen LogP contribution in [0.25, 0.3) is 0 Å². The topological polar surface area (TPSA) is 76.2 Å². The summed E-state index contributed by atoms with van der Waals surface area (Å²) in [7, 11) is 0. The summed E-state index contributed by atoms with van der Waals surface area (Å²) in [6, 6.07) is 15.7. The average Bonchev–Trinajstić information content (AvgIpc) is 3.02. The number of fused-ring (bicyclic) bond motifs is 1. The molecule has 0 saturated heterocycles. The number of ether oxygens (including phenoxy) is 2. The molecule has 0 aliphatic carbocycles. The van der Waals surface area contributed by atoms with E-state index in [2.05, 4.69) is 0 Å². The Balaban J connectivity index is 2.01. The maximum atomic E-state index is 12.8. The van der Waals surface area contributed by atoms with Crippen LogP contribution < -0.4 is 9.80 Å². The number of hydrogen-bond acceptors (Lipinski definition) is 5. The van der Waals surface area contributed by atoms with Gasteiger partial charge in [0.15, 0.2) is 5.78 Å². The third-order valence-electron chi connectivity index (χ3n) is 4.39. The predicted octanol–water partition coefficient (Wildman–Crippen LogP) is 4.23. The molecule has 28 heavy (non-hydrogen) atoms. The van der Waals surface area contributed by atoms with E-state index >= 15 is 0 Å². The molecule has 0 radical (unpaired) electrons. The molecule has 2 aromatic carbocycles. The highest BCUT2D eigenvalue weighted by Crippen LogP contribution is 2.41. The molecule has 7 heteroatoms. The van der Waals surface area contributed by atoms with Crippen LogP contribution in [-0.4, -0.2) is 37.3 Å². The monoisotopic (exact) mass is 382 g/mol. The Bertz CT molecular complexity index is 823. The molecule has 7 nitrogen and oxygen atoms in total. The number of carbonyl (C=O) groups excluding carboxylic acids is 3. The van der Waals surface area contributed by atoms with Gasteiger partial charge in [-0.05, 0) is 26.0 Å². The molecule has 2 amide bonds. The minimum atomic E-state index is -0.872. The SMILES string of the molecule is CCOC(=O)N1c2ccccc2N(C(=O)OCC)C1CC(=O)c1ccccc1. The lowest BCUT2D eigenvalue weighted by Gasteiger charge is -2.28. The van der Waals surface area contributed by atoms with Crippen molar-refractivity contribution >= 4 is 29.3 Å². The van der Waals surface area contributed by atoms with Crippen LogP contribution in [0.3, 0.4) is 0 Å². The smallest absolute Gasteiger partial charge is 0.416 e. The number of para-hydroxylation sites is 2. The molecule has 0 fully saturated rings. The minimum Gasteiger partial charge on any atom is -0.449 e. The Morgan fingerprint density at radius 2 is 1.25 bits per heavy atom. The zero-order valence-electron chi connectivity index (χ0n) is 15.8. The Kier molecular flexibility index (Phi) is 5.93. The number of rotatable bonds is 5. The molecule has 0 spiro atoms. The van der Waals surface area contributed by atoms with Crippen molar-refractivity contribution < 1.29 is 23.9 Å². The standard InChI is InChI=1S/C21H22N2O5/c1-3-27-20(25)22-16-12-8-9-13-17(16)23(21(26)28-4-2)19(22)14-18(24)15-10-6-5-7-11-15/h5-13,19H,3-4,14H2,1-2H3. The van der Waals surface area contributed by atoms with Crippen LogP contribution in [0.2, 0.25) is 0 Å². The van der Waals surface area contributed by atoms with E-state index in [1.807, 2.05) is 6.07 Å². The zero-order chi connectivity index (χ0) is 20.1. The molecule has 1 heterocycles. The van der Waals surface area contributed by atoms with Crippen LogP contribution in [0.15, 0.2) is 54.6 Å². The zero-order valence-corrected chi connectivity index (χ0v) is 15.8.